The van der Waals surface area contributed by atoms with Gasteiger partial charge in [-0.15, -0.1) is 10.2 Å². The standard InChI is InChI=1S/C15H17N7S/c1-3-22(4-2)15-18-12(11-8-6-5-7-9-11)13(23-15)19-21-14-16-10-17-20-14/h5-10H,3-4H2,1-2H3,(H,16,17,20)/b21-19+. The van der Waals surface area contributed by atoms with Gasteiger partial charge in [-0.25, -0.2) is 10.1 Å². The number of aromatic amines is 1. The van der Waals surface area contributed by atoms with Crippen molar-refractivity contribution in [1.29, 1.82) is 0 Å². The zero-order valence-electron chi connectivity index (χ0n) is 13.0. The van der Waals surface area contributed by atoms with Gasteiger partial charge in [0.25, 0.3) is 5.95 Å². The van der Waals surface area contributed by atoms with Gasteiger partial charge in [-0.05, 0) is 13.8 Å². The van der Waals surface area contributed by atoms with Crippen molar-refractivity contribution < 1.29 is 0 Å². The minimum atomic E-state index is 0.377. The minimum absolute atomic E-state index is 0.377. The molecule has 0 aliphatic heterocycles. The summed E-state index contributed by atoms with van der Waals surface area (Å²) in [5.74, 6) is 0.377. The predicted molar refractivity (Wildman–Crippen MR) is 91.7 cm³/mol. The molecule has 118 valence electrons. The van der Waals surface area contributed by atoms with Crippen molar-refractivity contribution in [1.82, 2.24) is 20.2 Å². The van der Waals surface area contributed by atoms with Gasteiger partial charge in [-0.2, -0.15) is 10.1 Å². The van der Waals surface area contributed by atoms with Crippen molar-refractivity contribution in [2.45, 2.75) is 13.8 Å². The number of H-pyrrole nitrogens is 1. The molecule has 1 aromatic carbocycles. The van der Waals surface area contributed by atoms with E-state index in [2.05, 4.69) is 44.2 Å². The Morgan fingerprint density at radius 3 is 2.57 bits per heavy atom. The Labute approximate surface area is 138 Å². The van der Waals surface area contributed by atoms with Crippen LogP contribution in [0.4, 0.5) is 16.1 Å². The predicted octanol–water partition coefficient (Wildman–Crippen LogP) is 4.19. The van der Waals surface area contributed by atoms with E-state index >= 15 is 0 Å². The molecule has 3 rings (SSSR count). The Kier molecular flexibility index (Phi) is 4.72. The maximum absolute atomic E-state index is 4.77. The lowest BCUT2D eigenvalue weighted by atomic mass is 10.2. The molecule has 0 unspecified atom stereocenters. The lowest BCUT2D eigenvalue weighted by Crippen LogP contribution is -2.21. The third kappa shape index (κ3) is 3.42. The van der Waals surface area contributed by atoms with Crippen LogP contribution in [-0.2, 0) is 0 Å². The average Bonchev–Trinajstić information content (AvgIpc) is 3.25. The van der Waals surface area contributed by atoms with Crippen LogP contribution in [0.5, 0.6) is 0 Å². The number of hydrogen-bond acceptors (Lipinski definition) is 7. The summed E-state index contributed by atoms with van der Waals surface area (Å²) in [5.41, 5.74) is 1.86. The molecule has 8 heteroatoms. The molecule has 3 aromatic rings. The normalized spacial score (nSPS) is 11.2. The number of benzene rings is 1. The molecule has 23 heavy (non-hydrogen) atoms. The van der Waals surface area contributed by atoms with Crippen molar-refractivity contribution in [2.75, 3.05) is 18.0 Å². The highest BCUT2D eigenvalue weighted by molar-refractivity contribution is 7.19. The summed E-state index contributed by atoms with van der Waals surface area (Å²) >= 11 is 1.53. The lowest BCUT2D eigenvalue weighted by Gasteiger charge is -2.16. The molecule has 0 bridgehead atoms. The number of rotatable bonds is 6. The van der Waals surface area contributed by atoms with E-state index in [0.717, 1.165) is 34.5 Å². The summed E-state index contributed by atoms with van der Waals surface area (Å²) in [6, 6.07) is 10.0. The zero-order valence-corrected chi connectivity index (χ0v) is 13.8. The molecule has 0 atom stereocenters. The third-order valence-electron chi connectivity index (χ3n) is 3.32. The Morgan fingerprint density at radius 1 is 1.13 bits per heavy atom. The van der Waals surface area contributed by atoms with Gasteiger partial charge in [0.2, 0.25) is 0 Å². The van der Waals surface area contributed by atoms with E-state index < -0.39 is 0 Å². The first kappa shape index (κ1) is 15.3. The molecule has 1 N–H and O–H groups in total. The molecule has 0 amide bonds. The highest BCUT2D eigenvalue weighted by Gasteiger charge is 2.16. The minimum Gasteiger partial charge on any atom is -0.349 e. The number of nitrogens with zero attached hydrogens (tertiary/aromatic N) is 6. The van der Waals surface area contributed by atoms with Crippen LogP contribution in [0.1, 0.15) is 13.8 Å². The van der Waals surface area contributed by atoms with Crippen LogP contribution in [0.25, 0.3) is 11.3 Å². The highest BCUT2D eigenvalue weighted by atomic mass is 32.1. The van der Waals surface area contributed by atoms with E-state index in [4.69, 9.17) is 4.98 Å². The molecule has 0 spiro atoms. The van der Waals surface area contributed by atoms with E-state index in [1.54, 1.807) is 0 Å². The molecule has 0 aliphatic carbocycles. The summed E-state index contributed by atoms with van der Waals surface area (Å²) in [7, 11) is 0. The van der Waals surface area contributed by atoms with Crippen LogP contribution in [0.15, 0.2) is 46.9 Å². The fourth-order valence-electron chi connectivity index (χ4n) is 2.12. The smallest absolute Gasteiger partial charge is 0.264 e. The topological polar surface area (TPSA) is 82.4 Å². The monoisotopic (exact) mass is 327 g/mol. The molecule has 2 heterocycles. The van der Waals surface area contributed by atoms with Gasteiger partial charge in [0, 0.05) is 18.7 Å². The van der Waals surface area contributed by atoms with Crippen molar-refractivity contribution >= 4 is 27.4 Å². The fourth-order valence-corrected chi connectivity index (χ4v) is 3.16. The number of nitrogens with one attached hydrogen (secondary N) is 1. The van der Waals surface area contributed by atoms with Crippen molar-refractivity contribution in [3.63, 3.8) is 0 Å². The first-order valence-electron chi connectivity index (χ1n) is 7.40. The van der Waals surface area contributed by atoms with E-state index in [1.165, 1.54) is 17.7 Å². The van der Waals surface area contributed by atoms with E-state index in [1.807, 2.05) is 30.3 Å². The largest absolute Gasteiger partial charge is 0.349 e. The zero-order chi connectivity index (χ0) is 16.1. The van der Waals surface area contributed by atoms with Crippen molar-refractivity contribution in [3.05, 3.63) is 36.7 Å². The van der Waals surface area contributed by atoms with Crippen LogP contribution >= 0.6 is 11.3 Å². The molecule has 0 fully saturated rings. The summed E-state index contributed by atoms with van der Waals surface area (Å²) in [6.45, 7) is 6.03. The molecule has 0 saturated heterocycles. The van der Waals surface area contributed by atoms with Gasteiger partial charge < -0.3 is 4.90 Å². The van der Waals surface area contributed by atoms with Gasteiger partial charge >= 0.3 is 0 Å². The Bertz CT molecular complexity index is 760. The third-order valence-corrected chi connectivity index (χ3v) is 4.32. The summed E-state index contributed by atoms with van der Waals surface area (Å²) in [6.07, 6.45) is 1.40. The fraction of sp³-hybridized carbons (Fsp3) is 0.267. The molecule has 0 saturated carbocycles. The molecular weight excluding hydrogens is 310 g/mol. The van der Waals surface area contributed by atoms with Gasteiger partial charge in [-0.1, -0.05) is 41.7 Å². The van der Waals surface area contributed by atoms with Gasteiger partial charge in [0.15, 0.2) is 10.1 Å². The molecule has 0 radical (unpaired) electrons. The summed E-state index contributed by atoms with van der Waals surface area (Å²) in [4.78, 5) is 10.9. The van der Waals surface area contributed by atoms with Crippen molar-refractivity contribution in [3.8, 4) is 11.3 Å². The molecule has 0 aliphatic rings. The molecule has 7 nitrogen and oxygen atoms in total. The Balaban J connectivity index is 2.01. The van der Waals surface area contributed by atoms with E-state index in [9.17, 15) is 0 Å². The van der Waals surface area contributed by atoms with Crippen LogP contribution in [0.3, 0.4) is 0 Å². The summed E-state index contributed by atoms with van der Waals surface area (Å²) < 4.78 is 0. The number of anilines is 1. The SMILES string of the molecule is CCN(CC)c1nc(-c2ccccc2)c(/N=N/c2ncn[nH]2)s1. The second-order valence-corrected chi connectivity index (χ2v) is 5.65. The first-order valence-corrected chi connectivity index (χ1v) is 8.21. The van der Waals surface area contributed by atoms with Gasteiger partial charge in [-0.3, -0.25) is 0 Å². The second-order valence-electron chi connectivity index (χ2n) is 4.70. The maximum atomic E-state index is 4.77. The van der Waals surface area contributed by atoms with Crippen LogP contribution in [0.2, 0.25) is 0 Å². The first-order chi connectivity index (χ1) is 11.3. The Hall–Kier alpha value is -2.61. The second kappa shape index (κ2) is 7.10. The molecule has 2 aromatic heterocycles. The number of thiazole rings is 1. The number of azo groups is 1. The van der Waals surface area contributed by atoms with Crippen LogP contribution < -0.4 is 4.90 Å². The summed E-state index contributed by atoms with van der Waals surface area (Å²) in [5, 5.41) is 16.6. The van der Waals surface area contributed by atoms with Crippen molar-refractivity contribution in [2.24, 2.45) is 10.2 Å². The van der Waals surface area contributed by atoms with Gasteiger partial charge in [0.1, 0.15) is 12.0 Å². The molecular formula is C15H17N7S. The average molecular weight is 327 g/mol. The van der Waals surface area contributed by atoms with Gasteiger partial charge in [0.05, 0.1) is 0 Å². The van der Waals surface area contributed by atoms with Crippen LogP contribution in [-0.4, -0.2) is 33.3 Å². The maximum Gasteiger partial charge on any atom is 0.264 e. The number of hydrogen-bond donors (Lipinski definition) is 1. The quantitative estimate of drug-likeness (QED) is 0.688. The van der Waals surface area contributed by atoms with E-state index in [0.29, 0.717) is 5.95 Å². The van der Waals surface area contributed by atoms with Crippen LogP contribution in [0, 0.1) is 0 Å². The Morgan fingerprint density at radius 2 is 1.91 bits per heavy atom. The van der Waals surface area contributed by atoms with E-state index in [-0.39, 0.29) is 0 Å². The highest BCUT2D eigenvalue weighted by Crippen LogP contribution is 2.40. The number of aromatic nitrogens is 4. The lowest BCUT2D eigenvalue weighted by molar-refractivity contribution is 0.860.